The first-order chi connectivity index (χ1) is 10.5. The number of carbonyl (C=O) groups is 2. The van der Waals surface area contributed by atoms with Crippen molar-refractivity contribution in [2.45, 2.75) is 6.92 Å². The predicted octanol–water partition coefficient (Wildman–Crippen LogP) is 2.67. The molecule has 5 nitrogen and oxygen atoms in total. The summed E-state index contributed by atoms with van der Waals surface area (Å²) in [6, 6.07) is 12.1. The zero-order valence-electron chi connectivity index (χ0n) is 11.9. The van der Waals surface area contributed by atoms with Crippen molar-refractivity contribution in [1.82, 2.24) is 5.32 Å². The van der Waals surface area contributed by atoms with Crippen LogP contribution in [0.3, 0.4) is 0 Å². The predicted molar refractivity (Wildman–Crippen MR) is 93.0 cm³/mol. The van der Waals surface area contributed by atoms with Crippen LogP contribution in [0.25, 0.3) is 0 Å². The number of hydrogen-bond acceptors (Lipinski definition) is 3. The van der Waals surface area contributed by atoms with E-state index in [1.54, 1.807) is 30.3 Å². The standard InChI is InChI=1S/C16H15IN2O3/c1-10-6-7-13(14(20)8-10)19-15(21)9-18-16(22)11-4-2-3-5-12(11)17/h2-8,20H,9H2,1H3,(H,18,22)(H,19,21). The lowest BCUT2D eigenvalue weighted by molar-refractivity contribution is -0.115. The first-order valence-electron chi connectivity index (χ1n) is 6.59. The molecule has 22 heavy (non-hydrogen) atoms. The van der Waals surface area contributed by atoms with E-state index in [-0.39, 0.29) is 18.2 Å². The van der Waals surface area contributed by atoms with Crippen LogP contribution in [-0.4, -0.2) is 23.5 Å². The minimum atomic E-state index is -0.404. The van der Waals surface area contributed by atoms with E-state index in [1.165, 1.54) is 0 Å². The van der Waals surface area contributed by atoms with Crippen LogP contribution < -0.4 is 10.6 Å². The van der Waals surface area contributed by atoms with Gasteiger partial charge in [-0.1, -0.05) is 18.2 Å². The van der Waals surface area contributed by atoms with Gasteiger partial charge in [-0.15, -0.1) is 0 Å². The van der Waals surface area contributed by atoms with Gasteiger partial charge in [0.15, 0.2) is 0 Å². The number of aromatic hydroxyl groups is 1. The van der Waals surface area contributed by atoms with E-state index in [9.17, 15) is 14.7 Å². The Morgan fingerprint density at radius 1 is 1.18 bits per heavy atom. The van der Waals surface area contributed by atoms with Crippen molar-refractivity contribution in [2.75, 3.05) is 11.9 Å². The van der Waals surface area contributed by atoms with Gasteiger partial charge in [-0.2, -0.15) is 0 Å². The van der Waals surface area contributed by atoms with Gasteiger partial charge in [-0.3, -0.25) is 9.59 Å². The Morgan fingerprint density at radius 2 is 1.91 bits per heavy atom. The molecule has 0 heterocycles. The van der Waals surface area contributed by atoms with E-state index >= 15 is 0 Å². The summed E-state index contributed by atoms with van der Waals surface area (Å²) in [4.78, 5) is 23.8. The highest BCUT2D eigenvalue weighted by atomic mass is 127. The number of benzene rings is 2. The van der Waals surface area contributed by atoms with Crippen LogP contribution in [0.15, 0.2) is 42.5 Å². The summed E-state index contributed by atoms with van der Waals surface area (Å²) < 4.78 is 0.814. The summed E-state index contributed by atoms with van der Waals surface area (Å²) >= 11 is 2.06. The molecule has 2 aromatic carbocycles. The third-order valence-corrected chi connectivity index (χ3v) is 3.90. The van der Waals surface area contributed by atoms with Gasteiger partial charge in [-0.05, 0) is 59.3 Å². The van der Waals surface area contributed by atoms with Gasteiger partial charge >= 0.3 is 0 Å². The summed E-state index contributed by atoms with van der Waals surface area (Å²) in [5.41, 5.74) is 1.73. The molecule has 0 aromatic heterocycles. The highest BCUT2D eigenvalue weighted by Crippen LogP contribution is 2.23. The van der Waals surface area contributed by atoms with E-state index in [4.69, 9.17) is 0 Å². The molecule has 6 heteroatoms. The average Bonchev–Trinajstić information content (AvgIpc) is 2.48. The Hall–Kier alpha value is -2.09. The van der Waals surface area contributed by atoms with Crippen LogP contribution in [0.5, 0.6) is 5.75 Å². The van der Waals surface area contributed by atoms with Crippen LogP contribution in [0.2, 0.25) is 0 Å². The van der Waals surface area contributed by atoms with Crippen molar-refractivity contribution in [2.24, 2.45) is 0 Å². The summed E-state index contributed by atoms with van der Waals surface area (Å²) in [5.74, 6) is -0.719. The molecule has 2 amide bonds. The van der Waals surface area contributed by atoms with E-state index < -0.39 is 5.91 Å². The molecule has 3 N–H and O–H groups in total. The molecule has 0 unspecified atom stereocenters. The van der Waals surface area contributed by atoms with E-state index in [2.05, 4.69) is 33.2 Å². The fourth-order valence-electron chi connectivity index (χ4n) is 1.84. The lowest BCUT2D eigenvalue weighted by atomic mass is 10.2. The number of nitrogens with one attached hydrogen (secondary N) is 2. The van der Waals surface area contributed by atoms with Crippen LogP contribution in [0.4, 0.5) is 5.69 Å². The first kappa shape index (κ1) is 16.3. The molecule has 114 valence electrons. The normalized spacial score (nSPS) is 10.1. The third kappa shape index (κ3) is 4.20. The molecule has 0 saturated heterocycles. The molecule has 0 bridgehead atoms. The van der Waals surface area contributed by atoms with Crippen molar-refractivity contribution >= 4 is 40.1 Å². The monoisotopic (exact) mass is 410 g/mol. The molecule has 0 atom stereocenters. The Morgan fingerprint density at radius 3 is 2.59 bits per heavy atom. The number of halogens is 1. The number of aryl methyl sites for hydroxylation is 1. The number of hydrogen-bond donors (Lipinski definition) is 3. The van der Waals surface area contributed by atoms with Crippen molar-refractivity contribution in [3.05, 3.63) is 57.2 Å². The van der Waals surface area contributed by atoms with Gasteiger partial charge in [0.2, 0.25) is 5.91 Å². The molecule has 0 aliphatic heterocycles. The van der Waals surface area contributed by atoms with Crippen molar-refractivity contribution in [3.63, 3.8) is 0 Å². The smallest absolute Gasteiger partial charge is 0.252 e. The SMILES string of the molecule is Cc1ccc(NC(=O)CNC(=O)c2ccccc2I)c(O)c1. The molecule has 2 rings (SSSR count). The minimum Gasteiger partial charge on any atom is -0.506 e. The van der Waals surface area contributed by atoms with Crippen LogP contribution in [0.1, 0.15) is 15.9 Å². The highest BCUT2D eigenvalue weighted by molar-refractivity contribution is 14.1. The summed E-state index contributed by atoms with van der Waals surface area (Å²) in [6.45, 7) is 1.67. The third-order valence-electron chi connectivity index (χ3n) is 2.96. The second-order valence-electron chi connectivity index (χ2n) is 4.73. The van der Waals surface area contributed by atoms with Crippen molar-refractivity contribution in [1.29, 1.82) is 0 Å². The van der Waals surface area contributed by atoms with E-state index in [0.29, 0.717) is 11.3 Å². The zero-order valence-corrected chi connectivity index (χ0v) is 14.0. The second-order valence-corrected chi connectivity index (χ2v) is 5.89. The molecule has 0 aliphatic carbocycles. The van der Waals surface area contributed by atoms with Gasteiger partial charge in [-0.25, -0.2) is 0 Å². The van der Waals surface area contributed by atoms with Gasteiger partial charge in [0, 0.05) is 3.57 Å². The fraction of sp³-hybridized carbons (Fsp3) is 0.125. The Bertz CT molecular complexity index is 716. The van der Waals surface area contributed by atoms with Gasteiger partial charge in [0.25, 0.3) is 5.91 Å². The first-order valence-corrected chi connectivity index (χ1v) is 7.67. The number of phenolic OH excluding ortho intramolecular Hbond substituents is 1. The van der Waals surface area contributed by atoms with E-state index in [1.807, 2.05) is 19.1 Å². The van der Waals surface area contributed by atoms with Crippen LogP contribution in [0, 0.1) is 10.5 Å². The molecule has 0 radical (unpaired) electrons. The van der Waals surface area contributed by atoms with Gasteiger partial charge in [0.1, 0.15) is 5.75 Å². The summed E-state index contributed by atoms with van der Waals surface area (Å²) in [5, 5.41) is 14.8. The highest BCUT2D eigenvalue weighted by Gasteiger charge is 2.11. The molecular weight excluding hydrogens is 395 g/mol. The van der Waals surface area contributed by atoms with E-state index in [0.717, 1.165) is 9.13 Å². The number of anilines is 1. The lowest BCUT2D eigenvalue weighted by Crippen LogP contribution is -2.33. The Balaban J connectivity index is 1.93. The molecule has 0 spiro atoms. The maximum absolute atomic E-state index is 12.0. The maximum atomic E-state index is 12.0. The van der Waals surface area contributed by atoms with Crippen molar-refractivity contribution < 1.29 is 14.7 Å². The molecule has 2 aromatic rings. The van der Waals surface area contributed by atoms with Gasteiger partial charge in [0.05, 0.1) is 17.8 Å². The Labute approximate surface area is 141 Å². The summed E-state index contributed by atoms with van der Waals surface area (Å²) in [7, 11) is 0. The van der Waals surface area contributed by atoms with Crippen molar-refractivity contribution in [3.8, 4) is 5.75 Å². The number of phenols is 1. The number of rotatable bonds is 4. The number of amides is 2. The molecular formula is C16H15IN2O3. The van der Waals surface area contributed by atoms with Crippen LogP contribution >= 0.6 is 22.6 Å². The summed E-state index contributed by atoms with van der Waals surface area (Å²) in [6.07, 6.45) is 0. The number of carbonyl (C=O) groups excluding carboxylic acids is 2. The lowest BCUT2D eigenvalue weighted by Gasteiger charge is -2.09. The minimum absolute atomic E-state index is 0.00251. The Kier molecular flexibility index (Phi) is 5.37. The van der Waals surface area contributed by atoms with Crippen LogP contribution in [-0.2, 0) is 4.79 Å². The molecule has 0 saturated carbocycles. The zero-order chi connectivity index (χ0) is 16.1. The topological polar surface area (TPSA) is 78.4 Å². The maximum Gasteiger partial charge on any atom is 0.252 e. The molecule has 0 fully saturated rings. The quantitative estimate of drug-likeness (QED) is 0.536. The van der Waals surface area contributed by atoms with Gasteiger partial charge < -0.3 is 15.7 Å². The average molecular weight is 410 g/mol. The largest absolute Gasteiger partial charge is 0.506 e. The molecule has 0 aliphatic rings. The second kappa shape index (κ2) is 7.26. The fourth-order valence-corrected chi connectivity index (χ4v) is 2.48.